The third-order valence-corrected chi connectivity index (χ3v) is 5.53. The summed E-state index contributed by atoms with van der Waals surface area (Å²) in [5, 5.41) is 6.95. The number of rotatable bonds is 4. The molecule has 2 heteroatoms. The summed E-state index contributed by atoms with van der Waals surface area (Å²) in [6.07, 6.45) is 2.95. The summed E-state index contributed by atoms with van der Waals surface area (Å²) in [4.78, 5) is 0. The van der Waals surface area contributed by atoms with Gasteiger partial charge in [-0.15, -0.1) is 0 Å². The molecule has 0 spiro atoms. The monoisotopic (exact) mass is 352 g/mol. The van der Waals surface area contributed by atoms with E-state index < -0.39 is 0 Å². The smallest absolute Gasteiger partial charge is 0.0568 e. The predicted molar refractivity (Wildman–Crippen MR) is 117 cm³/mol. The van der Waals surface area contributed by atoms with Crippen molar-refractivity contribution in [1.29, 1.82) is 0 Å². The van der Waals surface area contributed by atoms with Gasteiger partial charge in [0.05, 0.1) is 11.9 Å². The van der Waals surface area contributed by atoms with Crippen molar-refractivity contribution in [1.82, 2.24) is 0 Å². The van der Waals surface area contributed by atoms with Crippen molar-refractivity contribution in [3.05, 3.63) is 94.6 Å². The molecule has 0 saturated carbocycles. The Balaban J connectivity index is 1.58. The molecular weight excluding hydrogens is 328 g/mol. The minimum absolute atomic E-state index is 0.993. The van der Waals surface area contributed by atoms with E-state index in [0.717, 1.165) is 17.7 Å². The Hall–Kier alpha value is -3.13. The van der Waals surface area contributed by atoms with Crippen molar-refractivity contribution in [2.24, 2.45) is 5.10 Å². The number of anilines is 1. The molecule has 0 aromatic heterocycles. The zero-order valence-corrected chi connectivity index (χ0v) is 16.1. The molecule has 1 N–H and O–H groups in total. The Morgan fingerprint density at radius 1 is 0.815 bits per heavy atom. The number of allylic oxidation sites excluding steroid dienone is 4. The lowest BCUT2D eigenvalue weighted by Crippen LogP contribution is -1.96. The molecule has 0 radical (unpaired) electrons. The second-order valence-electron chi connectivity index (χ2n) is 7.20. The van der Waals surface area contributed by atoms with Crippen LogP contribution >= 0.6 is 0 Å². The van der Waals surface area contributed by atoms with Crippen LogP contribution in [0.3, 0.4) is 0 Å². The molecule has 1 aliphatic rings. The van der Waals surface area contributed by atoms with Crippen LogP contribution in [0.15, 0.2) is 88.6 Å². The maximum atomic E-state index is 4.50. The maximum absolute atomic E-state index is 4.50. The molecule has 134 valence electrons. The van der Waals surface area contributed by atoms with Crippen molar-refractivity contribution in [2.75, 3.05) is 5.43 Å². The summed E-state index contributed by atoms with van der Waals surface area (Å²) < 4.78 is 0. The highest BCUT2D eigenvalue weighted by atomic mass is 15.3. The first-order valence-electron chi connectivity index (χ1n) is 9.37. The van der Waals surface area contributed by atoms with E-state index in [1.54, 1.807) is 0 Å². The summed E-state index contributed by atoms with van der Waals surface area (Å²) in [7, 11) is 0. The van der Waals surface area contributed by atoms with Crippen LogP contribution in [0, 0.1) is 0 Å². The Labute approximate surface area is 160 Å². The molecule has 27 heavy (non-hydrogen) atoms. The van der Waals surface area contributed by atoms with Gasteiger partial charge in [0.15, 0.2) is 0 Å². The zero-order valence-electron chi connectivity index (χ0n) is 16.1. The molecule has 0 aliphatic heterocycles. The lowest BCUT2D eigenvalue weighted by Gasteiger charge is -2.10. The van der Waals surface area contributed by atoms with Gasteiger partial charge in [0.2, 0.25) is 0 Å². The van der Waals surface area contributed by atoms with Crippen LogP contribution in [-0.4, -0.2) is 6.21 Å². The molecule has 0 amide bonds. The van der Waals surface area contributed by atoms with Crippen molar-refractivity contribution in [3.63, 3.8) is 0 Å². The van der Waals surface area contributed by atoms with Crippen molar-refractivity contribution in [2.45, 2.75) is 27.2 Å². The molecule has 0 heterocycles. The van der Waals surface area contributed by atoms with E-state index in [2.05, 4.69) is 98.0 Å². The van der Waals surface area contributed by atoms with Crippen molar-refractivity contribution >= 4 is 28.2 Å². The Morgan fingerprint density at radius 3 is 2.33 bits per heavy atom. The fourth-order valence-corrected chi connectivity index (χ4v) is 3.69. The van der Waals surface area contributed by atoms with Gasteiger partial charge in [0, 0.05) is 5.56 Å². The second kappa shape index (κ2) is 7.24. The fraction of sp³-hybridized carbons (Fsp3) is 0.160. The topological polar surface area (TPSA) is 24.4 Å². The Kier molecular flexibility index (Phi) is 4.64. The van der Waals surface area contributed by atoms with Gasteiger partial charge in [-0.05, 0) is 72.4 Å². The van der Waals surface area contributed by atoms with E-state index in [9.17, 15) is 0 Å². The van der Waals surface area contributed by atoms with E-state index in [4.69, 9.17) is 0 Å². The number of hydrogen-bond donors (Lipinski definition) is 1. The van der Waals surface area contributed by atoms with Gasteiger partial charge in [-0.2, -0.15) is 5.10 Å². The number of nitrogens with one attached hydrogen (secondary N) is 1. The molecule has 0 unspecified atom stereocenters. The SMILES string of the molecule is CC1=C(C)C(C)=C(c2ccccc2/C=N/Nc2ccc3ccccc3c2)C1. The molecule has 2 nitrogen and oxygen atoms in total. The van der Waals surface area contributed by atoms with Crippen LogP contribution in [0.25, 0.3) is 16.3 Å². The molecule has 3 aromatic carbocycles. The van der Waals surface area contributed by atoms with Gasteiger partial charge in [0.1, 0.15) is 0 Å². The summed E-state index contributed by atoms with van der Waals surface area (Å²) in [5.41, 5.74) is 12.3. The maximum Gasteiger partial charge on any atom is 0.0568 e. The van der Waals surface area contributed by atoms with Crippen LogP contribution in [0.1, 0.15) is 38.3 Å². The zero-order chi connectivity index (χ0) is 18.8. The summed E-state index contributed by atoms with van der Waals surface area (Å²) in [5.74, 6) is 0. The second-order valence-corrected chi connectivity index (χ2v) is 7.20. The first-order chi connectivity index (χ1) is 13.1. The lowest BCUT2D eigenvalue weighted by molar-refractivity contribution is 1.22. The molecule has 0 atom stereocenters. The van der Waals surface area contributed by atoms with Crippen LogP contribution < -0.4 is 5.43 Å². The first-order valence-corrected chi connectivity index (χ1v) is 9.37. The number of fused-ring (bicyclic) bond motifs is 1. The third-order valence-electron chi connectivity index (χ3n) is 5.53. The Bertz CT molecular complexity index is 1100. The van der Waals surface area contributed by atoms with Crippen molar-refractivity contribution < 1.29 is 0 Å². The minimum atomic E-state index is 0.993. The van der Waals surface area contributed by atoms with Gasteiger partial charge in [-0.3, -0.25) is 5.43 Å². The molecule has 0 bridgehead atoms. The molecule has 0 saturated heterocycles. The third kappa shape index (κ3) is 3.43. The standard InChI is InChI=1S/C25H24N2/c1-17-14-25(19(3)18(17)2)24-11-7-6-10-22(24)16-26-27-23-13-12-20-8-4-5-9-21(20)15-23/h4-13,15-16,27H,14H2,1-3H3/b26-16+. The van der Waals surface area contributed by atoms with Crippen LogP contribution in [0.5, 0.6) is 0 Å². The molecular formula is C25H24N2. The quantitative estimate of drug-likeness (QED) is 0.405. The summed E-state index contributed by atoms with van der Waals surface area (Å²) in [6.45, 7) is 6.67. The van der Waals surface area contributed by atoms with E-state index in [0.29, 0.717) is 0 Å². The fourth-order valence-electron chi connectivity index (χ4n) is 3.69. The highest BCUT2D eigenvalue weighted by molar-refractivity contribution is 5.92. The van der Waals surface area contributed by atoms with Crippen LogP contribution in [0.4, 0.5) is 5.69 Å². The normalized spacial score (nSPS) is 14.6. The van der Waals surface area contributed by atoms with Gasteiger partial charge in [-0.25, -0.2) is 0 Å². The Morgan fingerprint density at radius 2 is 1.56 bits per heavy atom. The van der Waals surface area contributed by atoms with Gasteiger partial charge in [0.25, 0.3) is 0 Å². The molecule has 1 aliphatic carbocycles. The summed E-state index contributed by atoms with van der Waals surface area (Å²) >= 11 is 0. The lowest BCUT2D eigenvalue weighted by atomic mass is 9.96. The number of hydrogen-bond acceptors (Lipinski definition) is 2. The first kappa shape index (κ1) is 17.3. The minimum Gasteiger partial charge on any atom is -0.278 e. The average Bonchev–Trinajstić information content (AvgIpc) is 2.95. The predicted octanol–water partition coefficient (Wildman–Crippen LogP) is 6.80. The molecule has 4 rings (SSSR count). The highest BCUT2D eigenvalue weighted by Crippen LogP contribution is 2.38. The van der Waals surface area contributed by atoms with Crippen LogP contribution in [-0.2, 0) is 0 Å². The van der Waals surface area contributed by atoms with E-state index in [1.807, 2.05) is 6.21 Å². The van der Waals surface area contributed by atoms with Gasteiger partial charge < -0.3 is 0 Å². The number of hydrazone groups is 1. The summed E-state index contributed by atoms with van der Waals surface area (Å²) in [6, 6.07) is 23.2. The highest BCUT2D eigenvalue weighted by Gasteiger charge is 2.18. The molecule has 0 fully saturated rings. The number of nitrogens with zero attached hydrogens (tertiary/aromatic N) is 1. The van der Waals surface area contributed by atoms with Gasteiger partial charge >= 0.3 is 0 Å². The van der Waals surface area contributed by atoms with E-state index >= 15 is 0 Å². The van der Waals surface area contributed by atoms with E-state index in [1.165, 1.54) is 38.6 Å². The van der Waals surface area contributed by atoms with Crippen LogP contribution in [0.2, 0.25) is 0 Å². The molecule has 3 aromatic rings. The van der Waals surface area contributed by atoms with Gasteiger partial charge in [-0.1, -0.05) is 60.2 Å². The van der Waals surface area contributed by atoms with E-state index in [-0.39, 0.29) is 0 Å². The average molecular weight is 352 g/mol. The largest absolute Gasteiger partial charge is 0.278 e. The van der Waals surface area contributed by atoms with Crippen molar-refractivity contribution in [3.8, 4) is 0 Å². The number of benzene rings is 3.